The molecule has 2 aromatic rings. The lowest BCUT2D eigenvalue weighted by atomic mass is 10.1. The molecule has 168 valence electrons. The van der Waals surface area contributed by atoms with Crippen LogP contribution >= 0.6 is 11.6 Å². The minimum Gasteiger partial charge on any atom is -0.320 e. The maximum Gasteiger partial charge on any atom is 0.322 e. The Morgan fingerprint density at radius 1 is 1.42 bits per heavy atom. The molecule has 1 N–H and O–H groups in total. The highest BCUT2D eigenvalue weighted by Crippen LogP contribution is 2.24. The molecule has 1 aliphatic rings. The van der Waals surface area contributed by atoms with Crippen LogP contribution in [0.1, 0.15) is 28.2 Å². The van der Waals surface area contributed by atoms with Gasteiger partial charge in [-0.3, -0.25) is 9.48 Å². The van der Waals surface area contributed by atoms with Crippen molar-refractivity contribution in [3.05, 3.63) is 46.0 Å². The van der Waals surface area contributed by atoms with Gasteiger partial charge in [-0.15, -0.1) is 0 Å². The van der Waals surface area contributed by atoms with Crippen molar-refractivity contribution in [3.8, 4) is 0 Å². The molecule has 1 aliphatic heterocycles. The maximum absolute atomic E-state index is 13.3. The Morgan fingerprint density at radius 2 is 2.19 bits per heavy atom. The van der Waals surface area contributed by atoms with Gasteiger partial charge in [0.1, 0.15) is 11.5 Å². The number of alkyl halides is 2. The fourth-order valence-electron chi connectivity index (χ4n) is 3.52. The zero-order valence-corrected chi connectivity index (χ0v) is 17.7. The van der Waals surface area contributed by atoms with Crippen LogP contribution < -0.4 is 5.32 Å². The summed E-state index contributed by atoms with van der Waals surface area (Å²) in [6.07, 6.45) is -0.655. The van der Waals surface area contributed by atoms with Crippen LogP contribution in [0.2, 0.25) is 5.02 Å². The number of rotatable bonds is 8. The average molecular weight is 458 g/mol. The molecule has 0 atom stereocenters. The SMILES string of the molecule is CN(CCCn1nc2c(c1C=O)CN(C(=O)Nc1ccc(F)c(Cl)c1)CC2)CC(F)F. The Morgan fingerprint density at radius 3 is 2.87 bits per heavy atom. The smallest absolute Gasteiger partial charge is 0.320 e. The molecule has 7 nitrogen and oxygen atoms in total. The highest BCUT2D eigenvalue weighted by atomic mass is 35.5. The van der Waals surface area contributed by atoms with Gasteiger partial charge in [0.25, 0.3) is 6.43 Å². The van der Waals surface area contributed by atoms with Gasteiger partial charge in [0.15, 0.2) is 6.29 Å². The Bertz CT molecular complexity index is 953. The van der Waals surface area contributed by atoms with E-state index in [4.69, 9.17) is 11.6 Å². The molecule has 0 saturated carbocycles. The number of hydrogen-bond donors (Lipinski definition) is 1. The van der Waals surface area contributed by atoms with Crippen molar-refractivity contribution in [2.24, 2.45) is 0 Å². The Labute approximate surface area is 182 Å². The number of urea groups is 1. The lowest BCUT2D eigenvalue weighted by Gasteiger charge is -2.26. The summed E-state index contributed by atoms with van der Waals surface area (Å²) in [5.41, 5.74) is 2.17. The highest BCUT2D eigenvalue weighted by Gasteiger charge is 2.27. The number of carbonyl (C=O) groups is 2. The molecule has 0 saturated heterocycles. The van der Waals surface area contributed by atoms with Crippen molar-refractivity contribution >= 4 is 29.6 Å². The van der Waals surface area contributed by atoms with Crippen molar-refractivity contribution < 1.29 is 22.8 Å². The topological polar surface area (TPSA) is 70.5 Å². The minimum absolute atomic E-state index is 0.0950. The fourth-order valence-corrected chi connectivity index (χ4v) is 3.70. The second-order valence-electron chi connectivity index (χ2n) is 7.39. The summed E-state index contributed by atoms with van der Waals surface area (Å²) < 4.78 is 39.7. The number of aldehydes is 1. The number of carbonyl (C=O) groups excluding carboxylic acids is 2. The van der Waals surface area contributed by atoms with Gasteiger partial charge in [-0.05, 0) is 38.2 Å². The van der Waals surface area contributed by atoms with Gasteiger partial charge < -0.3 is 15.1 Å². The molecule has 0 radical (unpaired) electrons. The number of nitrogens with one attached hydrogen (secondary N) is 1. The molecule has 0 bridgehead atoms. The van der Waals surface area contributed by atoms with Gasteiger partial charge in [-0.2, -0.15) is 5.10 Å². The standard InChI is InChI=1S/C20H23ClF3N5O2/c1-27(11-19(23)24)6-2-7-29-18(12-30)14-10-28(8-5-17(14)26-29)20(31)25-13-3-4-16(22)15(21)9-13/h3-4,9,12,19H,2,5-8,10-11H2,1H3,(H,25,31). The summed E-state index contributed by atoms with van der Waals surface area (Å²) in [6, 6.07) is 3.50. The molecule has 3 rings (SSSR count). The summed E-state index contributed by atoms with van der Waals surface area (Å²) in [4.78, 5) is 27.4. The van der Waals surface area contributed by atoms with Gasteiger partial charge in [-0.25, -0.2) is 18.0 Å². The first kappa shape index (κ1) is 23.1. The zero-order chi connectivity index (χ0) is 22.5. The summed E-state index contributed by atoms with van der Waals surface area (Å²) in [5, 5.41) is 7.06. The fraction of sp³-hybridized carbons (Fsp3) is 0.450. The molecule has 1 aromatic heterocycles. The van der Waals surface area contributed by atoms with E-state index in [2.05, 4.69) is 10.4 Å². The van der Waals surface area contributed by atoms with Crippen LogP contribution in [-0.4, -0.2) is 65.0 Å². The largest absolute Gasteiger partial charge is 0.322 e. The lowest BCUT2D eigenvalue weighted by Crippen LogP contribution is -2.39. The number of fused-ring (bicyclic) bond motifs is 1. The number of aromatic nitrogens is 2. The van der Waals surface area contributed by atoms with Crippen molar-refractivity contribution in [1.82, 2.24) is 19.6 Å². The van der Waals surface area contributed by atoms with Crippen molar-refractivity contribution in [1.29, 1.82) is 0 Å². The maximum atomic E-state index is 13.3. The number of hydrogen-bond acceptors (Lipinski definition) is 4. The van der Waals surface area contributed by atoms with Crippen molar-refractivity contribution in [2.75, 3.05) is 32.0 Å². The summed E-state index contributed by atoms with van der Waals surface area (Å²) in [5.74, 6) is -0.578. The average Bonchev–Trinajstić information content (AvgIpc) is 3.06. The van der Waals surface area contributed by atoms with E-state index < -0.39 is 18.3 Å². The first-order valence-electron chi connectivity index (χ1n) is 9.80. The monoisotopic (exact) mass is 457 g/mol. The molecule has 31 heavy (non-hydrogen) atoms. The molecular formula is C20H23ClF3N5O2. The van der Waals surface area contributed by atoms with E-state index in [1.807, 2.05) is 0 Å². The molecule has 0 unspecified atom stereocenters. The summed E-state index contributed by atoms with van der Waals surface area (Å²) >= 11 is 5.75. The molecular weight excluding hydrogens is 435 g/mol. The molecule has 2 amide bonds. The van der Waals surface area contributed by atoms with E-state index in [0.29, 0.717) is 55.7 Å². The predicted octanol–water partition coefficient (Wildman–Crippen LogP) is 3.67. The van der Waals surface area contributed by atoms with E-state index in [9.17, 15) is 22.8 Å². The van der Waals surface area contributed by atoms with E-state index in [1.54, 1.807) is 11.7 Å². The third kappa shape index (κ3) is 5.76. The minimum atomic E-state index is -2.39. The second-order valence-corrected chi connectivity index (χ2v) is 7.80. The highest BCUT2D eigenvalue weighted by molar-refractivity contribution is 6.31. The lowest BCUT2D eigenvalue weighted by molar-refractivity contribution is 0.0991. The van der Waals surface area contributed by atoms with Gasteiger partial charge in [-0.1, -0.05) is 11.6 Å². The summed E-state index contributed by atoms with van der Waals surface area (Å²) in [7, 11) is 1.62. The van der Waals surface area contributed by atoms with E-state index in [-0.39, 0.29) is 18.1 Å². The Kier molecular flexibility index (Phi) is 7.55. The van der Waals surface area contributed by atoms with Crippen LogP contribution in [0.3, 0.4) is 0 Å². The van der Waals surface area contributed by atoms with Crippen LogP contribution in [0, 0.1) is 5.82 Å². The van der Waals surface area contributed by atoms with E-state index in [1.165, 1.54) is 28.0 Å². The van der Waals surface area contributed by atoms with Crippen LogP contribution in [0.5, 0.6) is 0 Å². The van der Waals surface area contributed by atoms with Crippen LogP contribution in [-0.2, 0) is 19.5 Å². The molecule has 11 heteroatoms. The molecule has 2 heterocycles. The second kappa shape index (κ2) is 10.1. The van der Waals surface area contributed by atoms with Crippen molar-refractivity contribution in [2.45, 2.75) is 32.4 Å². The first-order chi connectivity index (χ1) is 14.8. The number of nitrogens with zero attached hydrogens (tertiary/aromatic N) is 4. The molecule has 1 aromatic carbocycles. The first-order valence-corrected chi connectivity index (χ1v) is 10.2. The molecule has 0 aliphatic carbocycles. The Hall–Kier alpha value is -2.59. The van der Waals surface area contributed by atoms with Crippen LogP contribution in [0.4, 0.5) is 23.7 Å². The number of halogens is 4. The predicted molar refractivity (Wildman–Crippen MR) is 110 cm³/mol. The number of anilines is 1. The summed E-state index contributed by atoms with van der Waals surface area (Å²) in [6.45, 7) is 1.16. The van der Waals surface area contributed by atoms with E-state index >= 15 is 0 Å². The van der Waals surface area contributed by atoms with Gasteiger partial charge in [0, 0.05) is 30.8 Å². The number of benzene rings is 1. The molecule has 0 spiro atoms. The van der Waals surface area contributed by atoms with Crippen molar-refractivity contribution in [3.63, 3.8) is 0 Å². The number of aryl methyl sites for hydroxylation is 1. The quantitative estimate of drug-likeness (QED) is 0.614. The van der Waals surface area contributed by atoms with Crippen LogP contribution in [0.15, 0.2) is 18.2 Å². The van der Waals surface area contributed by atoms with Gasteiger partial charge >= 0.3 is 6.03 Å². The number of amides is 2. The normalized spacial score (nSPS) is 13.6. The van der Waals surface area contributed by atoms with Gasteiger partial charge in [0.05, 0.1) is 23.8 Å². The third-order valence-electron chi connectivity index (χ3n) is 5.07. The van der Waals surface area contributed by atoms with Crippen LogP contribution in [0.25, 0.3) is 0 Å². The third-order valence-corrected chi connectivity index (χ3v) is 5.36. The van der Waals surface area contributed by atoms with E-state index in [0.717, 1.165) is 5.69 Å². The zero-order valence-electron chi connectivity index (χ0n) is 17.0. The Balaban J connectivity index is 1.64. The molecule has 0 fully saturated rings. The van der Waals surface area contributed by atoms with Gasteiger partial charge in [0.2, 0.25) is 0 Å².